The van der Waals surface area contributed by atoms with Crippen LogP contribution in [0.5, 0.6) is 0 Å². The minimum Gasteiger partial charge on any atom is -0.399 e. The number of anilines is 1. The zero-order valence-electron chi connectivity index (χ0n) is 23.3. The number of nitrogens with zero attached hydrogens (tertiary/aromatic N) is 3. The Morgan fingerprint density at radius 2 is 1.88 bits per heavy atom. The van der Waals surface area contributed by atoms with Crippen molar-refractivity contribution in [3.05, 3.63) is 81.3 Å². The molecule has 3 aromatic rings. The number of hydrogen-bond acceptors (Lipinski definition) is 6. The first kappa shape index (κ1) is 28.8. The third kappa shape index (κ3) is 5.68. The Hall–Kier alpha value is -3.31. The van der Waals surface area contributed by atoms with E-state index in [0.29, 0.717) is 46.9 Å². The average molecular weight is 598 g/mol. The van der Waals surface area contributed by atoms with E-state index >= 15 is 0 Å². The molecule has 2 aliphatic carbocycles. The molecule has 0 spiro atoms. The molecule has 0 unspecified atom stereocenters. The molecule has 0 bridgehead atoms. The Labute approximate surface area is 246 Å². The van der Waals surface area contributed by atoms with Crippen LogP contribution in [0.4, 0.5) is 18.9 Å². The Kier molecular flexibility index (Phi) is 7.82. The maximum absolute atomic E-state index is 13.9. The summed E-state index contributed by atoms with van der Waals surface area (Å²) in [6.07, 6.45) is 2.33. The number of thioether (sulfide) groups is 1. The number of hydrogen-bond donors (Lipinski definition) is 2. The number of rotatable bonds is 8. The number of aromatic nitrogens is 2. The second-order valence-corrected chi connectivity index (χ2v) is 12.7. The van der Waals surface area contributed by atoms with E-state index in [1.54, 1.807) is 33.4 Å². The van der Waals surface area contributed by atoms with Gasteiger partial charge in [-0.25, -0.2) is 4.98 Å². The lowest BCUT2D eigenvalue weighted by Crippen LogP contribution is -2.49. The van der Waals surface area contributed by atoms with Gasteiger partial charge in [0, 0.05) is 42.4 Å². The number of benzene rings is 2. The Morgan fingerprint density at radius 1 is 1.12 bits per heavy atom. The average Bonchev–Trinajstić information content (AvgIpc) is 2.91. The summed E-state index contributed by atoms with van der Waals surface area (Å²) in [6, 6.07) is 12.5. The third-order valence-corrected chi connectivity index (χ3v) is 10.1. The van der Waals surface area contributed by atoms with Gasteiger partial charge < -0.3 is 16.0 Å². The van der Waals surface area contributed by atoms with E-state index in [9.17, 15) is 22.8 Å². The van der Waals surface area contributed by atoms with Gasteiger partial charge in [0.05, 0.1) is 29.1 Å². The van der Waals surface area contributed by atoms with Crippen molar-refractivity contribution in [1.29, 1.82) is 0 Å². The van der Waals surface area contributed by atoms with Crippen LogP contribution < -0.4 is 16.6 Å². The van der Waals surface area contributed by atoms with Crippen molar-refractivity contribution in [3.63, 3.8) is 0 Å². The first-order valence-corrected chi connectivity index (χ1v) is 15.4. The predicted molar refractivity (Wildman–Crippen MR) is 156 cm³/mol. The minimum absolute atomic E-state index is 0.0714. The Bertz CT molecular complexity index is 1530. The zero-order chi connectivity index (χ0) is 29.5. The molecule has 3 N–H and O–H groups in total. The largest absolute Gasteiger partial charge is 0.416 e. The SMILES string of the molecule is Nc1cccc(-n2c(SC3CCC3)nc3c(c2=O)CN(C(=O)CCNC2(c4ccc(C(F)(F)F)cc4)CCC2)CC3)c1. The topological polar surface area (TPSA) is 93.2 Å². The van der Waals surface area contributed by atoms with E-state index in [2.05, 4.69) is 5.32 Å². The molecule has 2 saturated carbocycles. The number of fused-ring (bicyclic) bond motifs is 1. The molecule has 0 radical (unpaired) electrons. The van der Waals surface area contributed by atoms with Crippen LogP contribution in [0.25, 0.3) is 5.69 Å². The summed E-state index contributed by atoms with van der Waals surface area (Å²) in [5.41, 5.74) is 8.10. The molecular formula is C31H34F3N5O2S. The van der Waals surface area contributed by atoms with Crippen LogP contribution in [-0.2, 0) is 29.5 Å². The lowest BCUT2D eigenvalue weighted by Gasteiger charge is -2.43. The quantitative estimate of drug-likeness (QED) is 0.266. The third-order valence-electron chi connectivity index (χ3n) is 8.78. The fraction of sp³-hybridized carbons (Fsp3) is 0.452. The van der Waals surface area contributed by atoms with E-state index in [4.69, 9.17) is 10.7 Å². The van der Waals surface area contributed by atoms with Gasteiger partial charge in [0.1, 0.15) is 0 Å². The highest BCUT2D eigenvalue weighted by molar-refractivity contribution is 7.99. The standard InChI is InChI=1S/C31H34F3N5O2S/c32-31(33,34)21-10-8-20(9-11-21)30(14-3-15-30)36-16-12-27(40)38-17-13-26-25(19-38)28(41)39(23-5-1-4-22(35)18-23)29(37-26)42-24-6-2-7-24/h1,4-5,8-11,18,24,36H,2-3,6-7,12-17,19,35H2. The number of nitrogens with two attached hydrogens (primary N) is 1. The van der Waals surface area contributed by atoms with E-state index in [-0.39, 0.29) is 24.4 Å². The second-order valence-electron chi connectivity index (χ2n) is 11.5. The number of nitrogens with one attached hydrogen (secondary N) is 1. The molecule has 2 fully saturated rings. The fourth-order valence-corrected chi connectivity index (χ4v) is 7.24. The van der Waals surface area contributed by atoms with Gasteiger partial charge in [-0.3, -0.25) is 14.2 Å². The van der Waals surface area contributed by atoms with Gasteiger partial charge in [0.15, 0.2) is 5.16 Å². The summed E-state index contributed by atoms with van der Waals surface area (Å²) >= 11 is 1.64. The van der Waals surface area contributed by atoms with E-state index in [1.165, 1.54) is 18.6 Å². The maximum atomic E-state index is 13.9. The molecular weight excluding hydrogens is 563 g/mol. The summed E-state index contributed by atoms with van der Waals surface area (Å²) in [5.74, 6) is -0.0714. The molecule has 0 saturated heterocycles. The van der Waals surface area contributed by atoms with Crippen LogP contribution in [0.1, 0.15) is 67.3 Å². The maximum Gasteiger partial charge on any atom is 0.416 e. The molecule has 1 amide bonds. The molecule has 42 heavy (non-hydrogen) atoms. The molecule has 1 aromatic heterocycles. The molecule has 2 aromatic carbocycles. The van der Waals surface area contributed by atoms with Crippen molar-refractivity contribution in [1.82, 2.24) is 19.8 Å². The van der Waals surface area contributed by atoms with Crippen molar-refractivity contribution in [2.24, 2.45) is 0 Å². The van der Waals surface area contributed by atoms with Gasteiger partial charge in [-0.2, -0.15) is 13.2 Å². The Balaban J connectivity index is 1.15. The number of amides is 1. The number of carbonyl (C=O) groups excluding carboxylic acids is 1. The molecule has 3 aliphatic rings. The number of halogens is 3. The first-order valence-electron chi connectivity index (χ1n) is 14.5. The molecule has 1 aliphatic heterocycles. The van der Waals surface area contributed by atoms with Crippen LogP contribution in [0.15, 0.2) is 58.5 Å². The summed E-state index contributed by atoms with van der Waals surface area (Å²) in [7, 11) is 0. The molecule has 2 heterocycles. The first-order chi connectivity index (χ1) is 20.1. The van der Waals surface area contributed by atoms with Crippen LogP contribution >= 0.6 is 11.8 Å². The summed E-state index contributed by atoms with van der Waals surface area (Å²) < 4.78 is 40.7. The van der Waals surface area contributed by atoms with Gasteiger partial charge in [0.25, 0.3) is 5.56 Å². The lowest BCUT2D eigenvalue weighted by molar-refractivity contribution is -0.137. The molecule has 0 atom stereocenters. The van der Waals surface area contributed by atoms with Gasteiger partial charge in [0.2, 0.25) is 5.91 Å². The predicted octanol–water partition coefficient (Wildman–Crippen LogP) is 5.42. The van der Waals surface area contributed by atoms with Gasteiger partial charge >= 0.3 is 6.18 Å². The normalized spacial score (nSPS) is 18.2. The van der Waals surface area contributed by atoms with Crippen LogP contribution in [0, 0.1) is 0 Å². The van der Waals surface area contributed by atoms with Crippen molar-refractivity contribution >= 4 is 23.4 Å². The number of nitrogen functional groups attached to an aromatic ring is 1. The summed E-state index contributed by atoms with van der Waals surface area (Å²) in [4.78, 5) is 33.8. The van der Waals surface area contributed by atoms with Crippen LogP contribution in [0.3, 0.4) is 0 Å². The smallest absolute Gasteiger partial charge is 0.399 e. The van der Waals surface area contributed by atoms with E-state index < -0.39 is 17.3 Å². The second kappa shape index (κ2) is 11.4. The Morgan fingerprint density at radius 3 is 2.50 bits per heavy atom. The van der Waals surface area contributed by atoms with Crippen LogP contribution in [-0.4, -0.2) is 38.7 Å². The van der Waals surface area contributed by atoms with E-state index in [0.717, 1.165) is 55.5 Å². The van der Waals surface area contributed by atoms with Gasteiger partial charge in [-0.1, -0.05) is 36.4 Å². The van der Waals surface area contributed by atoms with Crippen molar-refractivity contribution in [3.8, 4) is 5.69 Å². The minimum atomic E-state index is -4.37. The van der Waals surface area contributed by atoms with Crippen molar-refractivity contribution in [2.75, 3.05) is 18.8 Å². The zero-order valence-corrected chi connectivity index (χ0v) is 24.1. The van der Waals surface area contributed by atoms with Crippen LogP contribution in [0.2, 0.25) is 0 Å². The summed E-state index contributed by atoms with van der Waals surface area (Å²) in [6.45, 7) is 1.07. The lowest BCUT2D eigenvalue weighted by atomic mass is 9.71. The number of carbonyl (C=O) groups is 1. The molecule has 11 heteroatoms. The highest BCUT2D eigenvalue weighted by atomic mass is 32.2. The van der Waals surface area contributed by atoms with Gasteiger partial charge in [-0.15, -0.1) is 0 Å². The summed E-state index contributed by atoms with van der Waals surface area (Å²) in [5, 5.41) is 4.57. The molecule has 222 valence electrons. The highest BCUT2D eigenvalue weighted by Gasteiger charge is 2.39. The fourth-order valence-electron chi connectivity index (χ4n) is 5.92. The van der Waals surface area contributed by atoms with Crippen molar-refractivity contribution in [2.45, 2.75) is 80.0 Å². The monoisotopic (exact) mass is 597 g/mol. The highest BCUT2D eigenvalue weighted by Crippen LogP contribution is 2.42. The van der Waals surface area contributed by atoms with Gasteiger partial charge in [-0.05, 0) is 68.0 Å². The number of alkyl halides is 3. The van der Waals surface area contributed by atoms with Crippen molar-refractivity contribution < 1.29 is 18.0 Å². The molecule has 6 rings (SSSR count). The molecule has 7 nitrogen and oxygen atoms in total. The van der Waals surface area contributed by atoms with E-state index in [1.807, 2.05) is 12.1 Å².